The summed E-state index contributed by atoms with van der Waals surface area (Å²) in [6, 6.07) is 8.58. The molecule has 2 aromatic heterocycles. The number of rotatable bonds is 2. The summed E-state index contributed by atoms with van der Waals surface area (Å²) < 4.78 is 5.28. The number of amides is 1. The molecule has 0 aliphatic rings. The van der Waals surface area contributed by atoms with Gasteiger partial charge in [0, 0.05) is 30.3 Å². The van der Waals surface area contributed by atoms with Crippen LogP contribution in [0.3, 0.4) is 0 Å². The molecule has 2 N–H and O–H groups in total. The smallest absolute Gasteiger partial charge is 0.345 e. The van der Waals surface area contributed by atoms with Crippen LogP contribution in [0.2, 0.25) is 0 Å². The first-order valence-electron chi connectivity index (χ1n) is 5.99. The minimum atomic E-state index is -0.457. The van der Waals surface area contributed by atoms with E-state index in [0.717, 1.165) is 5.39 Å². The molecule has 3 rings (SSSR count). The third kappa shape index (κ3) is 2.18. The summed E-state index contributed by atoms with van der Waals surface area (Å²) in [6.45, 7) is 1.42. The lowest BCUT2D eigenvalue weighted by molar-refractivity contribution is -0.114. The number of fused-ring (bicyclic) bond motifs is 1. The second kappa shape index (κ2) is 4.65. The zero-order chi connectivity index (χ0) is 14.1. The SMILES string of the molecule is CC(=O)Nc1ccc2cc(-c3ccn[nH]3)c(=O)oc2c1. The molecule has 6 nitrogen and oxygen atoms in total. The second-order valence-corrected chi connectivity index (χ2v) is 4.35. The van der Waals surface area contributed by atoms with Gasteiger partial charge in [-0.15, -0.1) is 0 Å². The van der Waals surface area contributed by atoms with E-state index in [1.165, 1.54) is 6.92 Å². The van der Waals surface area contributed by atoms with Crippen LogP contribution in [0, 0.1) is 0 Å². The van der Waals surface area contributed by atoms with Crippen LogP contribution in [-0.4, -0.2) is 16.1 Å². The Kier molecular flexibility index (Phi) is 2.83. The Morgan fingerprint density at radius 1 is 1.30 bits per heavy atom. The molecule has 3 aromatic rings. The quantitative estimate of drug-likeness (QED) is 0.698. The second-order valence-electron chi connectivity index (χ2n) is 4.35. The standard InChI is InChI=1S/C14H11N3O3/c1-8(18)16-10-3-2-9-6-11(12-4-5-15-17-12)14(19)20-13(9)7-10/h2-7H,1H3,(H,15,17)(H,16,18). The number of aromatic nitrogens is 2. The topological polar surface area (TPSA) is 88.0 Å². The van der Waals surface area contributed by atoms with Crippen LogP contribution in [0.25, 0.3) is 22.2 Å². The van der Waals surface area contributed by atoms with E-state index in [1.54, 1.807) is 36.5 Å². The van der Waals surface area contributed by atoms with Crippen molar-refractivity contribution < 1.29 is 9.21 Å². The van der Waals surface area contributed by atoms with E-state index in [2.05, 4.69) is 15.5 Å². The van der Waals surface area contributed by atoms with Crippen molar-refractivity contribution in [3.63, 3.8) is 0 Å². The van der Waals surface area contributed by atoms with Gasteiger partial charge in [-0.1, -0.05) is 0 Å². The average molecular weight is 269 g/mol. The van der Waals surface area contributed by atoms with Gasteiger partial charge in [-0.25, -0.2) is 4.79 Å². The maximum absolute atomic E-state index is 12.0. The van der Waals surface area contributed by atoms with E-state index in [0.29, 0.717) is 22.5 Å². The summed E-state index contributed by atoms with van der Waals surface area (Å²) in [5.41, 5.74) is 1.57. The lowest BCUT2D eigenvalue weighted by atomic mass is 10.1. The molecule has 0 atom stereocenters. The highest BCUT2D eigenvalue weighted by molar-refractivity contribution is 5.92. The molecule has 0 fully saturated rings. The number of carbonyl (C=O) groups is 1. The lowest BCUT2D eigenvalue weighted by Crippen LogP contribution is -2.06. The van der Waals surface area contributed by atoms with E-state index >= 15 is 0 Å². The van der Waals surface area contributed by atoms with Gasteiger partial charge in [-0.05, 0) is 24.3 Å². The number of benzene rings is 1. The Balaban J connectivity index is 2.14. The van der Waals surface area contributed by atoms with Crippen molar-refractivity contribution in [2.75, 3.05) is 5.32 Å². The fourth-order valence-electron chi connectivity index (χ4n) is 1.99. The van der Waals surface area contributed by atoms with Crippen molar-refractivity contribution in [2.24, 2.45) is 0 Å². The first-order valence-corrected chi connectivity index (χ1v) is 5.99. The molecule has 6 heteroatoms. The van der Waals surface area contributed by atoms with Gasteiger partial charge in [-0.3, -0.25) is 9.89 Å². The number of H-pyrrole nitrogens is 1. The third-order valence-electron chi connectivity index (χ3n) is 2.85. The number of nitrogens with zero attached hydrogens (tertiary/aromatic N) is 1. The van der Waals surface area contributed by atoms with Gasteiger partial charge >= 0.3 is 5.63 Å². The predicted molar refractivity (Wildman–Crippen MR) is 74.4 cm³/mol. The van der Waals surface area contributed by atoms with Gasteiger partial charge in [0.25, 0.3) is 0 Å². The number of aromatic amines is 1. The number of nitrogens with one attached hydrogen (secondary N) is 2. The van der Waals surface area contributed by atoms with Crippen LogP contribution in [0.15, 0.2) is 45.7 Å². The Bertz CT molecular complexity index is 834. The Morgan fingerprint density at radius 3 is 2.85 bits per heavy atom. The average Bonchev–Trinajstić information content (AvgIpc) is 2.90. The first-order chi connectivity index (χ1) is 9.63. The van der Waals surface area contributed by atoms with Crippen LogP contribution in [0.1, 0.15) is 6.92 Å². The molecule has 100 valence electrons. The minimum absolute atomic E-state index is 0.180. The first kappa shape index (κ1) is 12.2. The van der Waals surface area contributed by atoms with Crippen molar-refractivity contribution in [1.29, 1.82) is 0 Å². The fraction of sp³-hybridized carbons (Fsp3) is 0.0714. The lowest BCUT2D eigenvalue weighted by Gasteiger charge is -2.04. The monoisotopic (exact) mass is 269 g/mol. The number of hydrogen-bond donors (Lipinski definition) is 2. The van der Waals surface area contributed by atoms with Crippen LogP contribution < -0.4 is 10.9 Å². The molecule has 2 heterocycles. The summed E-state index contributed by atoms with van der Waals surface area (Å²) >= 11 is 0. The van der Waals surface area contributed by atoms with Gasteiger partial charge in [0.15, 0.2) is 0 Å². The molecule has 0 aliphatic heterocycles. The molecule has 1 aromatic carbocycles. The highest BCUT2D eigenvalue weighted by Crippen LogP contribution is 2.22. The number of carbonyl (C=O) groups excluding carboxylic acids is 1. The summed E-state index contributed by atoms with van der Waals surface area (Å²) in [5, 5.41) is 9.95. The van der Waals surface area contributed by atoms with Gasteiger partial charge in [0.05, 0.1) is 11.3 Å². The number of anilines is 1. The normalized spacial score (nSPS) is 10.7. The van der Waals surface area contributed by atoms with E-state index in [9.17, 15) is 9.59 Å². The largest absolute Gasteiger partial charge is 0.422 e. The molecule has 0 saturated heterocycles. The summed E-state index contributed by atoms with van der Waals surface area (Å²) in [7, 11) is 0. The van der Waals surface area contributed by atoms with E-state index in [1.807, 2.05) is 0 Å². The molecule has 1 amide bonds. The molecular formula is C14H11N3O3. The molecular weight excluding hydrogens is 258 g/mol. The molecule has 20 heavy (non-hydrogen) atoms. The van der Waals surface area contributed by atoms with Crippen molar-refractivity contribution in [3.05, 3.63) is 46.9 Å². The maximum atomic E-state index is 12.0. The summed E-state index contributed by atoms with van der Waals surface area (Å²) in [4.78, 5) is 23.0. The van der Waals surface area contributed by atoms with Crippen molar-refractivity contribution >= 4 is 22.6 Å². The highest BCUT2D eigenvalue weighted by atomic mass is 16.4. The van der Waals surface area contributed by atoms with Crippen LogP contribution in [-0.2, 0) is 4.79 Å². The van der Waals surface area contributed by atoms with Crippen LogP contribution >= 0.6 is 0 Å². The summed E-state index contributed by atoms with van der Waals surface area (Å²) in [5.74, 6) is -0.180. The fourth-order valence-corrected chi connectivity index (χ4v) is 1.99. The maximum Gasteiger partial charge on any atom is 0.345 e. The van der Waals surface area contributed by atoms with E-state index in [-0.39, 0.29) is 5.91 Å². The highest BCUT2D eigenvalue weighted by Gasteiger charge is 2.09. The molecule has 0 spiro atoms. The zero-order valence-electron chi connectivity index (χ0n) is 10.6. The van der Waals surface area contributed by atoms with Crippen molar-refractivity contribution in [1.82, 2.24) is 10.2 Å². The molecule has 0 aliphatic carbocycles. The van der Waals surface area contributed by atoms with Gasteiger partial charge in [-0.2, -0.15) is 5.10 Å². The van der Waals surface area contributed by atoms with E-state index in [4.69, 9.17) is 4.42 Å². The van der Waals surface area contributed by atoms with Crippen molar-refractivity contribution in [2.45, 2.75) is 6.92 Å². The Labute approximate surface area is 113 Å². The summed E-state index contributed by atoms with van der Waals surface area (Å²) in [6.07, 6.45) is 1.57. The Morgan fingerprint density at radius 2 is 2.15 bits per heavy atom. The third-order valence-corrected chi connectivity index (χ3v) is 2.85. The molecule has 0 radical (unpaired) electrons. The van der Waals surface area contributed by atoms with Crippen LogP contribution in [0.5, 0.6) is 0 Å². The Hall–Kier alpha value is -2.89. The van der Waals surface area contributed by atoms with Crippen molar-refractivity contribution in [3.8, 4) is 11.3 Å². The zero-order valence-corrected chi connectivity index (χ0v) is 10.6. The van der Waals surface area contributed by atoms with Gasteiger partial charge in [0.2, 0.25) is 5.91 Å². The minimum Gasteiger partial charge on any atom is -0.422 e. The molecule has 0 saturated carbocycles. The van der Waals surface area contributed by atoms with E-state index < -0.39 is 5.63 Å². The predicted octanol–water partition coefficient (Wildman–Crippen LogP) is 2.14. The van der Waals surface area contributed by atoms with Gasteiger partial charge in [0.1, 0.15) is 5.58 Å². The molecule has 0 unspecified atom stereocenters. The number of hydrogen-bond acceptors (Lipinski definition) is 4. The molecule has 0 bridgehead atoms. The van der Waals surface area contributed by atoms with Crippen LogP contribution in [0.4, 0.5) is 5.69 Å². The van der Waals surface area contributed by atoms with Gasteiger partial charge < -0.3 is 9.73 Å².